The second-order valence-electron chi connectivity index (χ2n) is 10.3. The molecule has 15 heteroatoms. The summed E-state index contributed by atoms with van der Waals surface area (Å²) in [5.41, 5.74) is -1.78. The van der Waals surface area contributed by atoms with Crippen LogP contribution in [0.15, 0.2) is 35.1 Å². The van der Waals surface area contributed by atoms with Gasteiger partial charge in [0.05, 0.1) is 53.6 Å². The predicted octanol–water partition coefficient (Wildman–Crippen LogP) is -1.46. The first-order valence-corrected chi connectivity index (χ1v) is 12.1. The fraction of sp³-hybridized carbons (Fsp3) is 0.423. The maximum atomic E-state index is 13.7. The largest absolute Gasteiger partial charge is 0.508 e. The Kier molecular flexibility index (Phi) is 8.06. The molecule has 15 nitrogen and oxygen atoms in total. The number of carboxylic acid groups (broad SMARTS) is 2. The maximum absolute atomic E-state index is 13.7. The summed E-state index contributed by atoms with van der Waals surface area (Å²) in [5.74, 6) is -11.8. The molecule has 1 aromatic carbocycles. The summed E-state index contributed by atoms with van der Waals surface area (Å²) in [4.78, 5) is 59.2. The van der Waals surface area contributed by atoms with Crippen molar-refractivity contribution < 1.29 is 64.8 Å². The van der Waals surface area contributed by atoms with Crippen LogP contribution in [0.3, 0.4) is 0 Å². The van der Waals surface area contributed by atoms with Gasteiger partial charge >= 0.3 is 11.9 Å². The number of aromatic hydroxyl groups is 1. The van der Waals surface area contributed by atoms with E-state index in [1.807, 2.05) is 0 Å². The number of carbonyl (C=O) groups excluding carboxylic acids is 3. The third-order valence-electron chi connectivity index (χ3n) is 7.59. The Balaban J connectivity index is 0.000000507. The topological polar surface area (TPSA) is 276 Å². The first kappa shape index (κ1) is 31.2. The zero-order valence-corrected chi connectivity index (χ0v) is 22.1. The lowest BCUT2D eigenvalue weighted by Crippen LogP contribution is -2.71. The van der Waals surface area contributed by atoms with E-state index in [4.69, 9.17) is 15.9 Å². The number of nitrogens with two attached hydrogens (primary N) is 1. The van der Waals surface area contributed by atoms with Gasteiger partial charge in [0.1, 0.15) is 22.8 Å². The zero-order chi connectivity index (χ0) is 31.4. The summed E-state index contributed by atoms with van der Waals surface area (Å²) >= 11 is 0. The predicted molar refractivity (Wildman–Crippen MR) is 136 cm³/mol. The molecule has 1 aromatic rings. The van der Waals surface area contributed by atoms with Gasteiger partial charge in [-0.05, 0) is 32.6 Å². The summed E-state index contributed by atoms with van der Waals surface area (Å²) in [6.07, 6.45) is -2.46. The van der Waals surface area contributed by atoms with E-state index in [0.717, 1.165) is 0 Å². The summed E-state index contributed by atoms with van der Waals surface area (Å²) < 4.78 is 0. The number of amides is 1. The molecular formula is C26H30N2O13. The van der Waals surface area contributed by atoms with Gasteiger partial charge in [-0.2, -0.15) is 0 Å². The average Bonchev–Trinajstić information content (AvgIpc) is 2.85. The van der Waals surface area contributed by atoms with Crippen molar-refractivity contribution >= 4 is 35.2 Å². The lowest BCUT2D eigenvalue weighted by Gasteiger charge is -2.55. The molecule has 0 unspecified atom stereocenters. The van der Waals surface area contributed by atoms with Crippen molar-refractivity contribution in [1.29, 1.82) is 0 Å². The molecule has 0 aromatic heterocycles. The van der Waals surface area contributed by atoms with Crippen molar-refractivity contribution in [1.82, 2.24) is 4.90 Å². The Bertz CT molecular complexity index is 1400. The number of phenolic OH excluding ortho intramolecular Hbond substituents is 1. The molecule has 6 atom stereocenters. The highest BCUT2D eigenvalue weighted by molar-refractivity contribution is 6.24. The molecule has 0 aliphatic heterocycles. The Morgan fingerprint density at radius 1 is 1.00 bits per heavy atom. The van der Waals surface area contributed by atoms with Gasteiger partial charge < -0.3 is 46.6 Å². The number of primary amides is 1. The van der Waals surface area contributed by atoms with Crippen LogP contribution in [0.25, 0.3) is 5.76 Å². The molecule has 1 saturated carbocycles. The number of phenols is 1. The number of aliphatic carboxylic acids is 2. The molecule has 0 radical (unpaired) electrons. The van der Waals surface area contributed by atoms with Crippen LogP contribution in [-0.4, -0.2) is 107 Å². The summed E-state index contributed by atoms with van der Waals surface area (Å²) in [6, 6.07) is 2.50. The summed E-state index contributed by atoms with van der Waals surface area (Å²) in [7, 11) is 2.80. The third kappa shape index (κ3) is 4.72. The molecule has 3 aliphatic carbocycles. The minimum Gasteiger partial charge on any atom is -0.508 e. The van der Waals surface area contributed by atoms with Crippen molar-refractivity contribution in [2.45, 2.75) is 43.1 Å². The van der Waals surface area contributed by atoms with Crippen LogP contribution in [0, 0.1) is 11.8 Å². The molecular weight excluding hydrogens is 548 g/mol. The number of ketones is 2. The van der Waals surface area contributed by atoms with Gasteiger partial charge in [-0.3, -0.25) is 28.9 Å². The summed E-state index contributed by atoms with van der Waals surface area (Å²) in [6.45, 7) is 1.25. The Morgan fingerprint density at radius 2 is 1.54 bits per heavy atom. The van der Waals surface area contributed by atoms with Crippen LogP contribution < -0.4 is 5.73 Å². The van der Waals surface area contributed by atoms with Crippen LogP contribution >= 0.6 is 0 Å². The maximum Gasteiger partial charge on any atom is 0.303 e. The van der Waals surface area contributed by atoms with Crippen molar-refractivity contribution in [2.75, 3.05) is 14.1 Å². The lowest BCUT2D eigenvalue weighted by atomic mass is 9.53. The van der Waals surface area contributed by atoms with E-state index in [1.54, 1.807) is 0 Å². The smallest absolute Gasteiger partial charge is 0.303 e. The van der Waals surface area contributed by atoms with E-state index in [-0.39, 0.29) is 24.0 Å². The minimum absolute atomic E-state index is 0.00664. The fourth-order valence-electron chi connectivity index (χ4n) is 5.81. The molecule has 0 bridgehead atoms. The van der Waals surface area contributed by atoms with Crippen molar-refractivity contribution in [3.8, 4) is 5.75 Å². The number of hydrogen-bond donors (Lipinski definition) is 9. The quantitative estimate of drug-likeness (QED) is 0.181. The van der Waals surface area contributed by atoms with E-state index >= 15 is 0 Å². The van der Waals surface area contributed by atoms with Crippen LogP contribution in [0.4, 0.5) is 0 Å². The van der Waals surface area contributed by atoms with Gasteiger partial charge in [-0.15, -0.1) is 0 Å². The molecule has 3 aliphatic rings. The highest BCUT2D eigenvalue weighted by Crippen LogP contribution is 2.57. The average molecular weight is 579 g/mol. The second kappa shape index (κ2) is 10.6. The van der Waals surface area contributed by atoms with Gasteiger partial charge in [0.2, 0.25) is 5.78 Å². The molecule has 4 rings (SSSR count). The van der Waals surface area contributed by atoms with Gasteiger partial charge in [0, 0.05) is 0 Å². The number of fused-ring (bicyclic) bond motifs is 3. The molecule has 10 N–H and O–H groups in total. The first-order chi connectivity index (χ1) is 18.8. The molecule has 0 saturated heterocycles. The van der Waals surface area contributed by atoms with Gasteiger partial charge in [0.25, 0.3) is 5.91 Å². The monoisotopic (exact) mass is 578 g/mol. The highest BCUT2D eigenvalue weighted by Gasteiger charge is 2.70. The number of carbonyl (C=O) groups is 5. The van der Waals surface area contributed by atoms with Crippen LogP contribution in [-0.2, 0) is 29.6 Å². The van der Waals surface area contributed by atoms with E-state index in [1.165, 1.54) is 44.1 Å². The Hall–Kier alpha value is -4.31. The van der Waals surface area contributed by atoms with Gasteiger partial charge in [-0.25, -0.2) is 0 Å². The number of likely N-dealkylation sites (N-methyl/N-ethyl adjacent to an activating group) is 1. The van der Waals surface area contributed by atoms with Crippen LogP contribution in [0.5, 0.6) is 5.75 Å². The van der Waals surface area contributed by atoms with E-state index < -0.39 is 93.0 Å². The van der Waals surface area contributed by atoms with Gasteiger partial charge in [0.15, 0.2) is 11.4 Å². The first-order valence-electron chi connectivity index (χ1n) is 12.1. The number of rotatable bonds is 5. The Morgan fingerprint density at radius 3 is 2.00 bits per heavy atom. The van der Waals surface area contributed by atoms with Crippen molar-refractivity contribution in [3.05, 3.63) is 46.2 Å². The molecule has 1 fully saturated rings. The van der Waals surface area contributed by atoms with E-state index in [2.05, 4.69) is 0 Å². The fourth-order valence-corrected chi connectivity index (χ4v) is 5.81. The number of Topliss-reactive ketones (excluding diaryl/α,β-unsaturated/α-hetero) is 2. The lowest BCUT2D eigenvalue weighted by molar-refractivity contribution is -0.181. The zero-order valence-electron chi connectivity index (χ0n) is 22.1. The van der Waals surface area contributed by atoms with Crippen molar-refractivity contribution in [2.24, 2.45) is 17.6 Å². The van der Waals surface area contributed by atoms with Crippen molar-refractivity contribution in [3.63, 3.8) is 0 Å². The van der Waals surface area contributed by atoms with Crippen LogP contribution in [0.2, 0.25) is 0 Å². The molecule has 222 valence electrons. The number of benzene rings is 1. The molecule has 0 spiro atoms. The van der Waals surface area contributed by atoms with Crippen LogP contribution in [0.1, 0.15) is 30.9 Å². The highest BCUT2D eigenvalue weighted by atomic mass is 16.4. The number of carboxylic acids is 2. The van der Waals surface area contributed by atoms with E-state index in [0.29, 0.717) is 0 Å². The molecule has 0 heterocycles. The molecule has 1 amide bonds. The minimum atomic E-state index is -3.02. The number of hydrogen-bond acceptors (Lipinski definition) is 12. The number of nitrogens with zero attached hydrogens (tertiary/aromatic N) is 1. The Labute approximate surface area is 232 Å². The standard InChI is InChI=1S/C22H24N2O9.C4H6O4/c1-21(32)7-5-4-6-8(25)9(7)15(26)10-12(21)17(28)13-14(24(2)3)16(27)11(20(23)31)19(30)22(13,33)18(10)29;5-3(6)1-2-4(7)8/h4-6,12-14,17,25-26,28,30,32-33H,1-3H3,(H2,23,31);1-2H2,(H,5,6)(H,7,8)/t12-,13-,14+,17+,21-,22+;/m1./s1. The van der Waals surface area contributed by atoms with Gasteiger partial charge in [-0.1, -0.05) is 12.1 Å². The molecule has 41 heavy (non-hydrogen) atoms. The van der Waals surface area contributed by atoms with E-state index in [9.17, 15) is 54.6 Å². The number of aliphatic hydroxyl groups is 5. The second-order valence-corrected chi connectivity index (χ2v) is 10.3. The third-order valence-corrected chi connectivity index (χ3v) is 7.59. The summed E-state index contributed by atoms with van der Waals surface area (Å²) in [5, 5.41) is 82.1. The number of aliphatic hydroxyl groups excluding tert-OH is 3. The SMILES string of the molecule is CN(C)[C@@H]1C(=O)C(C(N)=O)=C(O)[C@@]2(O)C(=O)C3=C(O)c4c(O)cccc4[C@@](C)(O)[C@H]3[C@H](O)[C@@H]12.O=C(O)CCC(=O)O. The normalized spacial score (nSPS) is 30.6.